The molecule has 1 aromatic carbocycles. The lowest BCUT2D eigenvalue weighted by atomic mass is 9.97. The van der Waals surface area contributed by atoms with E-state index in [9.17, 15) is 4.79 Å². The van der Waals surface area contributed by atoms with Crippen LogP contribution in [0.25, 0.3) is 0 Å². The summed E-state index contributed by atoms with van der Waals surface area (Å²) in [5.41, 5.74) is -0.0224. The topological polar surface area (TPSA) is 32.8 Å². The fraction of sp³-hybridized carbons (Fsp3) is 0.562. The van der Waals surface area contributed by atoms with Crippen LogP contribution < -0.4 is 9.64 Å². The zero-order valence-electron chi connectivity index (χ0n) is 12.7. The molecule has 5 heteroatoms. The van der Waals surface area contributed by atoms with Crippen molar-refractivity contribution in [2.45, 2.75) is 38.3 Å². The summed E-state index contributed by atoms with van der Waals surface area (Å²) in [4.78, 5) is 17.1. The average Bonchev–Trinajstić information content (AvgIpc) is 2.42. The summed E-state index contributed by atoms with van der Waals surface area (Å²) in [5, 5.41) is 0.628. The smallest absolute Gasteiger partial charge is 0.270 e. The van der Waals surface area contributed by atoms with Crippen LogP contribution in [-0.4, -0.2) is 42.6 Å². The Morgan fingerprint density at radius 1 is 1.29 bits per heavy atom. The third kappa shape index (κ3) is 2.62. The van der Waals surface area contributed by atoms with Crippen molar-refractivity contribution in [2.24, 2.45) is 0 Å². The van der Waals surface area contributed by atoms with Crippen molar-refractivity contribution in [1.82, 2.24) is 4.90 Å². The van der Waals surface area contributed by atoms with E-state index in [2.05, 4.69) is 11.9 Å². The van der Waals surface area contributed by atoms with E-state index in [1.165, 1.54) is 0 Å². The standard InChI is InChI=1S/C16H21ClN2O2/c1-16(2)15(20)19(12-6-8-18(3)9-7-12)13-10-11(17)4-5-14(13)21-16/h4-5,10,12H,6-9H2,1-3H3. The molecule has 0 saturated carbocycles. The first-order valence-electron chi connectivity index (χ1n) is 7.39. The van der Waals surface area contributed by atoms with Gasteiger partial charge in [0.05, 0.1) is 5.69 Å². The summed E-state index contributed by atoms with van der Waals surface area (Å²) in [7, 11) is 2.12. The Kier molecular flexibility index (Phi) is 3.62. The third-order valence-electron chi connectivity index (χ3n) is 4.33. The quantitative estimate of drug-likeness (QED) is 0.799. The van der Waals surface area contributed by atoms with Crippen LogP contribution in [0, 0.1) is 0 Å². The van der Waals surface area contributed by atoms with Crippen LogP contribution >= 0.6 is 11.6 Å². The Morgan fingerprint density at radius 3 is 2.62 bits per heavy atom. The van der Waals surface area contributed by atoms with Crippen molar-refractivity contribution in [3.05, 3.63) is 23.2 Å². The number of likely N-dealkylation sites (tertiary alicyclic amines) is 1. The first kappa shape index (κ1) is 14.7. The van der Waals surface area contributed by atoms with E-state index in [1.54, 1.807) is 6.07 Å². The van der Waals surface area contributed by atoms with Crippen molar-refractivity contribution < 1.29 is 9.53 Å². The van der Waals surface area contributed by atoms with Crippen molar-refractivity contribution in [3.63, 3.8) is 0 Å². The number of benzene rings is 1. The Labute approximate surface area is 130 Å². The molecule has 3 rings (SSSR count). The van der Waals surface area contributed by atoms with Crippen molar-refractivity contribution in [2.75, 3.05) is 25.0 Å². The maximum absolute atomic E-state index is 12.8. The monoisotopic (exact) mass is 308 g/mol. The van der Waals surface area contributed by atoms with Gasteiger partial charge in [0.1, 0.15) is 5.75 Å². The van der Waals surface area contributed by atoms with Gasteiger partial charge in [0.15, 0.2) is 5.60 Å². The van der Waals surface area contributed by atoms with E-state index < -0.39 is 5.60 Å². The Bertz CT molecular complexity index is 565. The fourth-order valence-electron chi connectivity index (χ4n) is 3.10. The van der Waals surface area contributed by atoms with E-state index in [4.69, 9.17) is 16.3 Å². The molecular formula is C16H21ClN2O2. The first-order valence-corrected chi connectivity index (χ1v) is 7.77. The summed E-state index contributed by atoms with van der Waals surface area (Å²) in [6, 6.07) is 5.71. The lowest BCUT2D eigenvalue weighted by Crippen LogP contribution is -2.57. The normalized spacial score (nSPS) is 22.9. The summed E-state index contributed by atoms with van der Waals surface area (Å²) < 4.78 is 5.87. The molecule has 1 saturated heterocycles. The molecule has 0 bridgehead atoms. The van der Waals surface area contributed by atoms with Gasteiger partial charge < -0.3 is 14.5 Å². The van der Waals surface area contributed by atoms with Gasteiger partial charge in [-0.25, -0.2) is 0 Å². The second kappa shape index (κ2) is 5.18. The largest absolute Gasteiger partial charge is 0.476 e. The van der Waals surface area contributed by atoms with E-state index in [-0.39, 0.29) is 11.9 Å². The van der Waals surface area contributed by atoms with Gasteiger partial charge in [0, 0.05) is 11.1 Å². The number of carbonyl (C=O) groups is 1. The van der Waals surface area contributed by atoms with E-state index in [0.717, 1.165) is 37.4 Å². The highest BCUT2D eigenvalue weighted by atomic mass is 35.5. The van der Waals surface area contributed by atoms with Gasteiger partial charge in [-0.05, 0) is 65.0 Å². The molecule has 4 nitrogen and oxygen atoms in total. The number of ether oxygens (including phenoxy) is 1. The lowest BCUT2D eigenvalue weighted by molar-refractivity contribution is -0.133. The van der Waals surface area contributed by atoms with Crippen molar-refractivity contribution >= 4 is 23.2 Å². The van der Waals surface area contributed by atoms with Gasteiger partial charge in [-0.1, -0.05) is 11.6 Å². The minimum absolute atomic E-state index is 0.0202. The maximum Gasteiger partial charge on any atom is 0.270 e. The van der Waals surface area contributed by atoms with Gasteiger partial charge >= 0.3 is 0 Å². The molecular weight excluding hydrogens is 288 g/mol. The molecule has 1 aromatic rings. The van der Waals surface area contributed by atoms with E-state index in [1.807, 2.05) is 30.9 Å². The predicted octanol–water partition coefficient (Wildman–Crippen LogP) is 2.94. The van der Waals surface area contributed by atoms with Crippen LogP contribution in [0.15, 0.2) is 18.2 Å². The lowest BCUT2D eigenvalue weighted by Gasteiger charge is -2.44. The van der Waals surface area contributed by atoms with Crippen molar-refractivity contribution in [1.29, 1.82) is 0 Å². The summed E-state index contributed by atoms with van der Waals surface area (Å²) in [6.45, 7) is 5.67. The zero-order valence-corrected chi connectivity index (χ0v) is 13.5. The number of nitrogens with zero attached hydrogens (tertiary/aromatic N) is 2. The van der Waals surface area contributed by atoms with Crippen LogP contribution in [-0.2, 0) is 4.79 Å². The highest BCUT2D eigenvalue weighted by molar-refractivity contribution is 6.31. The molecule has 0 N–H and O–H groups in total. The van der Waals surface area contributed by atoms with Gasteiger partial charge in [-0.15, -0.1) is 0 Å². The Hall–Kier alpha value is -1.26. The van der Waals surface area contributed by atoms with E-state index >= 15 is 0 Å². The summed E-state index contributed by atoms with van der Waals surface area (Å²) in [5.74, 6) is 0.759. The minimum Gasteiger partial charge on any atom is -0.476 e. The molecule has 0 aromatic heterocycles. The number of hydrogen-bond acceptors (Lipinski definition) is 3. The Morgan fingerprint density at radius 2 is 1.95 bits per heavy atom. The van der Waals surface area contributed by atoms with Crippen LogP contribution in [0.5, 0.6) is 5.75 Å². The van der Waals surface area contributed by atoms with Crippen molar-refractivity contribution in [3.8, 4) is 5.75 Å². The molecule has 1 amide bonds. The molecule has 0 atom stereocenters. The molecule has 0 unspecified atom stereocenters. The highest BCUT2D eigenvalue weighted by Gasteiger charge is 2.44. The van der Waals surface area contributed by atoms with Crippen LogP contribution in [0.1, 0.15) is 26.7 Å². The zero-order chi connectivity index (χ0) is 15.2. The molecule has 21 heavy (non-hydrogen) atoms. The van der Waals surface area contributed by atoms with Crippen LogP contribution in [0.4, 0.5) is 5.69 Å². The molecule has 2 aliphatic heterocycles. The molecule has 0 radical (unpaired) electrons. The maximum atomic E-state index is 12.8. The SMILES string of the molecule is CN1CCC(N2C(=O)C(C)(C)Oc3ccc(Cl)cc32)CC1. The number of hydrogen-bond donors (Lipinski definition) is 0. The molecule has 2 aliphatic rings. The second-order valence-electron chi connectivity index (χ2n) is 6.43. The number of rotatable bonds is 1. The highest BCUT2D eigenvalue weighted by Crippen LogP contribution is 2.41. The third-order valence-corrected chi connectivity index (χ3v) is 4.57. The average molecular weight is 309 g/mol. The molecule has 2 heterocycles. The number of anilines is 1. The molecule has 114 valence electrons. The first-order chi connectivity index (χ1) is 9.88. The van der Waals surface area contributed by atoms with Crippen LogP contribution in [0.3, 0.4) is 0 Å². The number of amides is 1. The van der Waals surface area contributed by atoms with Gasteiger partial charge in [-0.3, -0.25) is 4.79 Å². The van der Waals surface area contributed by atoms with Gasteiger partial charge in [0.25, 0.3) is 5.91 Å². The molecule has 0 spiro atoms. The summed E-state index contributed by atoms with van der Waals surface area (Å²) in [6.07, 6.45) is 1.95. The Balaban J connectivity index is 2.01. The predicted molar refractivity (Wildman–Crippen MR) is 84.2 cm³/mol. The number of piperidine rings is 1. The van der Waals surface area contributed by atoms with E-state index in [0.29, 0.717) is 5.02 Å². The van der Waals surface area contributed by atoms with Gasteiger partial charge in [-0.2, -0.15) is 0 Å². The summed E-state index contributed by atoms with van der Waals surface area (Å²) >= 11 is 6.12. The fourth-order valence-corrected chi connectivity index (χ4v) is 3.27. The van der Waals surface area contributed by atoms with Gasteiger partial charge in [0.2, 0.25) is 0 Å². The molecule has 1 fully saturated rings. The second-order valence-corrected chi connectivity index (χ2v) is 6.87. The minimum atomic E-state index is -0.829. The number of fused-ring (bicyclic) bond motifs is 1. The number of carbonyl (C=O) groups excluding carboxylic acids is 1. The van der Waals surface area contributed by atoms with Crippen LogP contribution in [0.2, 0.25) is 5.02 Å². The number of halogens is 1. The molecule has 0 aliphatic carbocycles.